The lowest BCUT2D eigenvalue weighted by Gasteiger charge is -2.13. The first-order chi connectivity index (χ1) is 14.8. The minimum absolute atomic E-state index is 0.0777. The fourth-order valence-corrected chi connectivity index (χ4v) is 4.29. The van der Waals surface area contributed by atoms with Gasteiger partial charge in [0, 0.05) is 36.1 Å². The van der Waals surface area contributed by atoms with Gasteiger partial charge >= 0.3 is 0 Å². The van der Waals surface area contributed by atoms with E-state index in [2.05, 4.69) is 15.1 Å². The Balaban J connectivity index is 1.87. The first-order valence-corrected chi connectivity index (χ1v) is 11.6. The minimum atomic E-state index is -3.65. The summed E-state index contributed by atoms with van der Waals surface area (Å²) in [5.74, 6) is -0.500. The number of hydrogen-bond donors (Lipinski definition) is 3. The highest BCUT2D eigenvalue weighted by Gasteiger charge is 2.14. The van der Waals surface area contributed by atoms with Crippen LogP contribution in [0.5, 0.6) is 0 Å². The summed E-state index contributed by atoms with van der Waals surface area (Å²) in [6.07, 6.45) is 3.64. The number of aliphatic hydroxyl groups is 1. The largest absolute Gasteiger partial charge is 0.396 e. The molecule has 3 N–H and O–H groups in total. The molecular formula is C21H23ClN4O4S. The van der Waals surface area contributed by atoms with Crippen molar-refractivity contribution in [1.82, 2.24) is 9.78 Å². The molecule has 0 aliphatic carbocycles. The van der Waals surface area contributed by atoms with Gasteiger partial charge in [0.05, 0.1) is 24.1 Å². The Morgan fingerprint density at radius 1 is 1.16 bits per heavy atom. The quantitative estimate of drug-likeness (QED) is 0.452. The Bertz CT molecular complexity index is 1180. The Morgan fingerprint density at radius 2 is 1.90 bits per heavy atom. The molecule has 1 heterocycles. The van der Waals surface area contributed by atoms with Crippen molar-refractivity contribution in [3.63, 3.8) is 0 Å². The van der Waals surface area contributed by atoms with Gasteiger partial charge in [-0.25, -0.2) is 8.42 Å². The van der Waals surface area contributed by atoms with E-state index in [1.807, 2.05) is 0 Å². The number of halogens is 1. The van der Waals surface area contributed by atoms with Crippen molar-refractivity contribution in [3.8, 4) is 11.1 Å². The maximum atomic E-state index is 12.6. The first kappa shape index (κ1) is 22.8. The van der Waals surface area contributed by atoms with Gasteiger partial charge in [-0.15, -0.1) is 0 Å². The molecule has 1 aromatic heterocycles. The normalized spacial score (nSPS) is 11.3. The van der Waals surface area contributed by atoms with Crippen molar-refractivity contribution in [2.45, 2.75) is 12.8 Å². The van der Waals surface area contributed by atoms with E-state index in [4.69, 9.17) is 16.7 Å². The summed E-state index contributed by atoms with van der Waals surface area (Å²) in [5, 5.41) is 16.4. The summed E-state index contributed by atoms with van der Waals surface area (Å²) in [5.41, 5.74) is 2.87. The summed E-state index contributed by atoms with van der Waals surface area (Å²) in [6, 6.07) is 12.0. The van der Waals surface area contributed by atoms with Crippen LogP contribution in [0.2, 0.25) is 5.02 Å². The number of aryl methyl sites for hydroxylation is 1. The topological polar surface area (TPSA) is 113 Å². The Kier molecular flexibility index (Phi) is 7.32. The number of anilines is 2. The van der Waals surface area contributed by atoms with Crippen molar-refractivity contribution in [1.29, 1.82) is 0 Å². The molecule has 0 radical (unpaired) electrons. The number of carbonyl (C=O) groups excluding carboxylic acids is 1. The predicted molar refractivity (Wildman–Crippen MR) is 122 cm³/mol. The van der Waals surface area contributed by atoms with Gasteiger partial charge in [-0.2, -0.15) is 5.10 Å². The molecule has 0 fully saturated rings. The van der Waals surface area contributed by atoms with E-state index >= 15 is 0 Å². The predicted octanol–water partition coefficient (Wildman–Crippen LogP) is 3.05. The monoisotopic (exact) mass is 462 g/mol. The summed E-state index contributed by atoms with van der Waals surface area (Å²) in [7, 11) is -1.88. The minimum Gasteiger partial charge on any atom is -0.396 e. The van der Waals surface area contributed by atoms with Gasteiger partial charge in [-0.1, -0.05) is 29.8 Å². The number of benzene rings is 2. The average Bonchev–Trinajstić information content (AvgIpc) is 3.14. The highest BCUT2D eigenvalue weighted by atomic mass is 35.5. The van der Waals surface area contributed by atoms with E-state index in [9.17, 15) is 13.2 Å². The van der Waals surface area contributed by atoms with Crippen LogP contribution in [0.15, 0.2) is 54.9 Å². The average molecular weight is 463 g/mol. The summed E-state index contributed by atoms with van der Waals surface area (Å²) in [6.45, 7) is -0.222. The molecule has 0 aliphatic rings. The summed E-state index contributed by atoms with van der Waals surface area (Å²) < 4.78 is 28.7. The zero-order valence-corrected chi connectivity index (χ0v) is 18.4. The van der Waals surface area contributed by atoms with Crippen LogP contribution in [-0.2, 0) is 28.3 Å². The number of hydrogen-bond acceptors (Lipinski definition) is 5. The van der Waals surface area contributed by atoms with Gasteiger partial charge in [0.1, 0.15) is 0 Å². The molecule has 3 aromatic rings. The molecule has 8 nitrogen and oxygen atoms in total. The smallest absolute Gasteiger partial charge is 0.232 e. The lowest BCUT2D eigenvalue weighted by Crippen LogP contribution is -2.18. The fourth-order valence-electron chi connectivity index (χ4n) is 3.00. The van der Waals surface area contributed by atoms with Crippen LogP contribution in [0.3, 0.4) is 0 Å². The summed E-state index contributed by atoms with van der Waals surface area (Å²) >= 11 is 6.13. The van der Waals surface area contributed by atoms with E-state index in [1.54, 1.807) is 66.6 Å². The van der Waals surface area contributed by atoms with Gasteiger partial charge in [-0.3, -0.25) is 14.2 Å². The molecule has 0 saturated heterocycles. The third-order valence-electron chi connectivity index (χ3n) is 4.41. The Morgan fingerprint density at radius 3 is 2.58 bits per heavy atom. The number of nitrogens with zero attached hydrogens (tertiary/aromatic N) is 2. The van der Waals surface area contributed by atoms with E-state index in [-0.39, 0.29) is 31.1 Å². The van der Waals surface area contributed by atoms with Crippen LogP contribution in [0.1, 0.15) is 12.0 Å². The molecule has 0 aliphatic heterocycles. The van der Waals surface area contributed by atoms with Crippen LogP contribution in [0, 0.1) is 0 Å². The first-order valence-electron chi connectivity index (χ1n) is 9.54. The van der Waals surface area contributed by atoms with Gasteiger partial charge in [0.15, 0.2) is 0 Å². The van der Waals surface area contributed by atoms with E-state index < -0.39 is 10.0 Å². The van der Waals surface area contributed by atoms with Crippen LogP contribution in [0.25, 0.3) is 11.1 Å². The second kappa shape index (κ2) is 9.95. The highest BCUT2D eigenvalue weighted by Crippen LogP contribution is 2.28. The second-order valence-electron chi connectivity index (χ2n) is 7.02. The molecule has 0 unspecified atom stereocenters. The number of aromatic nitrogens is 2. The summed E-state index contributed by atoms with van der Waals surface area (Å²) in [4.78, 5) is 12.6. The van der Waals surface area contributed by atoms with Crippen LogP contribution in [-0.4, -0.2) is 41.6 Å². The molecule has 0 saturated carbocycles. The van der Waals surface area contributed by atoms with Crippen molar-refractivity contribution in [3.05, 3.63) is 65.4 Å². The number of rotatable bonds is 9. The molecule has 2 aromatic carbocycles. The van der Waals surface area contributed by atoms with Crippen molar-refractivity contribution >= 4 is 38.9 Å². The van der Waals surface area contributed by atoms with Gasteiger partial charge in [0.25, 0.3) is 0 Å². The maximum absolute atomic E-state index is 12.6. The zero-order valence-electron chi connectivity index (χ0n) is 16.9. The molecule has 0 spiro atoms. The number of sulfonamides is 1. The van der Waals surface area contributed by atoms with Gasteiger partial charge in [-0.05, 0) is 41.8 Å². The number of amides is 1. The van der Waals surface area contributed by atoms with Crippen LogP contribution in [0.4, 0.5) is 11.4 Å². The zero-order chi connectivity index (χ0) is 22.4. The van der Waals surface area contributed by atoms with Gasteiger partial charge in [0.2, 0.25) is 15.9 Å². The van der Waals surface area contributed by atoms with Crippen molar-refractivity contribution < 1.29 is 18.3 Å². The van der Waals surface area contributed by atoms with E-state index in [0.717, 1.165) is 5.56 Å². The second-order valence-corrected chi connectivity index (χ2v) is 9.27. The Labute approximate surface area is 185 Å². The SMILES string of the molecule is Cn1cc(-c2cc(NC(=O)Cc3ccccc3Cl)cc(NS(=O)(=O)CCCO)c2)cn1. The highest BCUT2D eigenvalue weighted by molar-refractivity contribution is 7.92. The lowest BCUT2D eigenvalue weighted by atomic mass is 10.1. The lowest BCUT2D eigenvalue weighted by molar-refractivity contribution is -0.115. The molecule has 10 heteroatoms. The third kappa shape index (κ3) is 6.55. The molecule has 31 heavy (non-hydrogen) atoms. The molecule has 164 valence electrons. The standard InChI is InChI=1S/C21H23ClN4O4S/c1-26-14-17(13-23-26)16-9-18(12-19(10-16)25-31(29,30)8-4-7-27)24-21(28)11-15-5-2-3-6-20(15)22/h2-3,5-6,9-10,12-14,25,27H,4,7-8,11H2,1H3,(H,24,28). The fraction of sp³-hybridized carbons (Fsp3) is 0.238. The van der Waals surface area contributed by atoms with Gasteiger partial charge < -0.3 is 10.4 Å². The van der Waals surface area contributed by atoms with Crippen molar-refractivity contribution in [2.75, 3.05) is 22.4 Å². The molecular weight excluding hydrogens is 440 g/mol. The van der Waals surface area contributed by atoms with Crippen molar-refractivity contribution in [2.24, 2.45) is 7.05 Å². The van der Waals surface area contributed by atoms with E-state index in [0.29, 0.717) is 27.5 Å². The molecule has 0 bridgehead atoms. The van der Waals surface area contributed by atoms with Crippen LogP contribution < -0.4 is 10.0 Å². The maximum Gasteiger partial charge on any atom is 0.232 e. The molecule has 0 atom stereocenters. The number of aliphatic hydroxyl groups excluding tert-OH is 1. The Hall–Kier alpha value is -2.88. The number of nitrogens with one attached hydrogen (secondary N) is 2. The molecule has 3 rings (SSSR count). The molecule has 1 amide bonds. The number of carbonyl (C=O) groups is 1. The van der Waals surface area contributed by atoms with Crippen LogP contribution >= 0.6 is 11.6 Å². The third-order valence-corrected chi connectivity index (χ3v) is 6.15. The van der Waals surface area contributed by atoms with E-state index in [1.165, 1.54) is 0 Å².